The Bertz CT molecular complexity index is 820. The molecule has 1 N–H and O–H groups in total. The van der Waals surface area contributed by atoms with Crippen molar-refractivity contribution in [3.63, 3.8) is 0 Å². The number of hydrogen-bond donors (Lipinski definition) is 1. The van der Waals surface area contributed by atoms with Gasteiger partial charge in [0.1, 0.15) is 5.01 Å². The summed E-state index contributed by atoms with van der Waals surface area (Å²) in [6.45, 7) is 0.817. The van der Waals surface area contributed by atoms with E-state index in [1.54, 1.807) is 11.0 Å². The van der Waals surface area contributed by atoms with Crippen molar-refractivity contribution < 1.29 is 9.59 Å². The largest absolute Gasteiger partial charge is 0.337 e. The van der Waals surface area contributed by atoms with Crippen LogP contribution in [0.15, 0.2) is 24.3 Å². The summed E-state index contributed by atoms with van der Waals surface area (Å²) in [7, 11) is 0. The van der Waals surface area contributed by atoms with Crippen molar-refractivity contribution in [1.29, 1.82) is 0 Å². The Kier molecular flexibility index (Phi) is 4.43. The second kappa shape index (κ2) is 6.72. The van der Waals surface area contributed by atoms with Gasteiger partial charge in [-0.25, -0.2) is 0 Å². The van der Waals surface area contributed by atoms with Crippen LogP contribution < -0.4 is 5.32 Å². The zero-order valence-corrected chi connectivity index (χ0v) is 15.0. The van der Waals surface area contributed by atoms with Gasteiger partial charge in [-0.3, -0.25) is 9.59 Å². The van der Waals surface area contributed by atoms with Gasteiger partial charge in [-0.2, -0.15) is 0 Å². The molecule has 6 nitrogen and oxygen atoms in total. The van der Waals surface area contributed by atoms with Gasteiger partial charge >= 0.3 is 0 Å². The minimum absolute atomic E-state index is 0.0315. The lowest BCUT2D eigenvalue weighted by Gasteiger charge is -2.17. The fraction of sp³-hybridized carbons (Fsp3) is 0.412. The van der Waals surface area contributed by atoms with Crippen LogP contribution >= 0.6 is 22.9 Å². The molecule has 2 heterocycles. The highest BCUT2D eigenvalue weighted by atomic mass is 35.5. The van der Waals surface area contributed by atoms with Crippen molar-refractivity contribution in [3.05, 3.63) is 39.9 Å². The minimum Gasteiger partial charge on any atom is -0.337 e. The van der Waals surface area contributed by atoms with Crippen LogP contribution in [0.2, 0.25) is 5.02 Å². The lowest BCUT2D eigenvalue weighted by Crippen LogP contribution is -2.28. The van der Waals surface area contributed by atoms with Crippen LogP contribution in [-0.4, -0.2) is 33.5 Å². The predicted octanol–water partition coefficient (Wildman–Crippen LogP) is 3.06. The van der Waals surface area contributed by atoms with Gasteiger partial charge in [-0.05, 0) is 24.5 Å². The smallest absolute Gasteiger partial charge is 0.231 e. The molecule has 1 aliphatic heterocycles. The van der Waals surface area contributed by atoms with E-state index in [-0.39, 0.29) is 24.2 Å². The third-order valence-electron chi connectivity index (χ3n) is 4.50. The van der Waals surface area contributed by atoms with Crippen molar-refractivity contribution in [2.45, 2.75) is 31.7 Å². The average molecular weight is 377 g/mol. The van der Waals surface area contributed by atoms with Crippen molar-refractivity contribution in [1.82, 2.24) is 15.1 Å². The van der Waals surface area contributed by atoms with E-state index in [1.807, 2.05) is 18.2 Å². The van der Waals surface area contributed by atoms with Gasteiger partial charge in [0.25, 0.3) is 0 Å². The number of anilines is 1. The number of likely N-dealkylation sites (tertiary alicyclic amines) is 1. The minimum atomic E-state index is -0.372. The Morgan fingerprint density at radius 3 is 2.88 bits per heavy atom. The summed E-state index contributed by atoms with van der Waals surface area (Å²) in [5.41, 5.74) is 0.886. The molecule has 1 atom stereocenters. The molecule has 8 heteroatoms. The molecule has 1 aliphatic carbocycles. The number of hydrogen-bond acceptors (Lipinski definition) is 5. The van der Waals surface area contributed by atoms with Crippen LogP contribution in [0, 0.1) is 5.92 Å². The van der Waals surface area contributed by atoms with E-state index in [4.69, 9.17) is 11.6 Å². The normalized spacial score (nSPS) is 20.1. The highest BCUT2D eigenvalue weighted by molar-refractivity contribution is 7.15. The predicted molar refractivity (Wildman–Crippen MR) is 95.5 cm³/mol. The Labute approximate surface area is 154 Å². The standard InChI is InChI=1S/C17H17ClN4O2S/c18-13-4-2-1-3-11(13)8-22-9-12(7-14(22)23)15(24)19-17-21-20-16(25-17)10-5-6-10/h1-4,10,12H,5-9H2,(H,19,21,24)/t12-/m0/s1. The molecule has 1 aromatic heterocycles. The Morgan fingerprint density at radius 1 is 1.32 bits per heavy atom. The van der Waals surface area contributed by atoms with Crippen molar-refractivity contribution in [3.8, 4) is 0 Å². The molecule has 130 valence electrons. The lowest BCUT2D eigenvalue weighted by atomic mass is 10.1. The monoisotopic (exact) mass is 376 g/mol. The molecular weight excluding hydrogens is 360 g/mol. The number of rotatable bonds is 5. The quantitative estimate of drug-likeness (QED) is 0.870. The first-order valence-electron chi connectivity index (χ1n) is 8.25. The van der Waals surface area contributed by atoms with Gasteiger partial charge in [0.05, 0.1) is 5.92 Å². The maximum absolute atomic E-state index is 12.4. The second-order valence-electron chi connectivity index (χ2n) is 6.48. The fourth-order valence-electron chi connectivity index (χ4n) is 2.92. The average Bonchev–Trinajstić information content (AvgIpc) is 3.24. The van der Waals surface area contributed by atoms with E-state index >= 15 is 0 Å². The van der Waals surface area contributed by atoms with Gasteiger partial charge in [0.2, 0.25) is 16.9 Å². The Hall–Kier alpha value is -1.99. The molecule has 1 aromatic carbocycles. The highest BCUT2D eigenvalue weighted by Crippen LogP contribution is 2.42. The molecular formula is C17H17ClN4O2S. The summed E-state index contributed by atoms with van der Waals surface area (Å²) in [6, 6.07) is 7.43. The molecule has 4 rings (SSSR count). The molecule has 0 radical (unpaired) electrons. The van der Waals surface area contributed by atoms with Crippen molar-refractivity contribution >= 4 is 39.9 Å². The summed E-state index contributed by atoms with van der Waals surface area (Å²) in [5.74, 6) is -0.0601. The molecule has 1 saturated carbocycles. The molecule has 0 unspecified atom stereocenters. The molecule has 2 amide bonds. The van der Waals surface area contributed by atoms with Crippen LogP contribution in [0.4, 0.5) is 5.13 Å². The fourth-order valence-corrected chi connectivity index (χ4v) is 4.03. The molecule has 25 heavy (non-hydrogen) atoms. The number of halogens is 1. The third kappa shape index (κ3) is 3.67. The summed E-state index contributed by atoms with van der Waals surface area (Å²) < 4.78 is 0. The summed E-state index contributed by atoms with van der Waals surface area (Å²) in [5, 5.41) is 13.1. The maximum atomic E-state index is 12.4. The molecule has 2 fully saturated rings. The molecule has 2 aromatic rings. The number of carbonyl (C=O) groups is 2. The highest BCUT2D eigenvalue weighted by Gasteiger charge is 2.35. The zero-order chi connectivity index (χ0) is 17.4. The van der Waals surface area contributed by atoms with E-state index in [9.17, 15) is 9.59 Å². The van der Waals surface area contributed by atoms with Gasteiger partial charge in [0, 0.05) is 30.5 Å². The number of carbonyl (C=O) groups excluding carboxylic acids is 2. The van der Waals surface area contributed by atoms with E-state index in [0.717, 1.165) is 23.4 Å². The zero-order valence-electron chi connectivity index (χ0n) is 13.4. The summed E-state index contributed by atoms with van der Waals surface area (Å²) in [4.78, 5) is 26.4. The van der Waals surface area contributed by atoms with Gasteiger partial charge < -0.3 is 10.2 Å². The van der Waals surface area contributed by atoms with Crippen molar-refractivity contribution in [2.24, 2.45) is 5.92 Å². The first-order valence-corrected chi connectivity index (χ1v) is 9.45. The SMILES string of the molecule is O=C(Nc1nnc(C2CC2)s1)[C@H]1CC(=O)N(Cc2ccccc2Cl)C1. The van der Waals surface area contributed by atoms with Crippen LogP contribution in [0.25, 0.3) is 0 Å². The van der Waals surface area contributed by atoms with E-state index in [1.165, 1.54) is 11.3 Å². The Balaban J connectivity index is 1.37. The maximum Gasteiger partial charge on any atom is 0.231 e. The molecule has 0 spiro atoms. The first kappa shape index (κ1) is 16.5. The molecule has 0 bridgehead atoms. The molecule has 1 saturated heterocycles. The topological polar surface area (TPSA) is 75.2 Å². The third-order valence-corrected chi connectivity index (χ3v) is 5.87. The first-order chi connectivity index (χ1) is 12.1. The van der Waals surface area contributed by atoms with E-state index in [2.05, 4.69) is 15.5 Å². The van der Waals surface area contributed by atoms with Crippen LogP contribution in [-0.2, 0) is 16.1 Å². The number of nitrogens with one attached hydrogen (secondary N) is 1. The number of nitrogens with zero attached hydrogens (tertiary/aromatic N) is 3. The van der Waals surface area contributed by atoms with Gasteiger partial charge in [-0.1, -0.05) is 41.1 Å². The summed E-state index contributed by atoms with van der Waals surface area (Å²) in [6.07, 6.45) is 2.51. The van der Waals surface area contributed by atoms with Crippen molar-refractivity contribution in [2.75, 3.05) is 11.9 Å². The summed E-state index contributed by atoms with van der Waals surface area (Å²) >= 11 is 7.59. The van der Waals surface area contributed by atoms with Gasteiger partial charge in [-0.15, -0.1) is 10.2 Å². The van der Waals surface area contributed by atoms with Gasteiger partial charge in [0.15, 0.2) is 0 Å². The van der Waals surface area contributed by atoms with E-state index < -0.39 is 0 Å². The lowest BCUT2D eigenvalue weighted by molar-refractivity contribution is -0.128. The number of aromatic nitrogens is 2. The molecule has 2 aliphatic rings. The van der Waals surface area contributed by atoms with Crippen LogP contribution in [0.3, 0.4) is 0 Å². The van der Waals surface area contributed by atoms with E-state index in [0.29, 0.717) is 29.2 Å². The van der Waals surface area contributed by atoms with Crippen LogP contribution in [0.1, 0.15) is 35.8 Å². The Morgan fingerprint density at radius 2 is 2.12 bits per heavy atom. The number of amides is 2. The van der Waals surface area contributed by atoms with Crippen LogP contribution in [0.5, 0.6) is 0 Å². The number of benzene rings is 1. The second-order valence-corrected chi connectivity index (χ2v) is 7.89.